The number of hydrogen-bond acceptors (Lipinski definition) is 4. The zero-order chi connectivity index (χ0) is 19.2. The van der Waals surface area contributed by atoms with Gasteiger partial charge in [-0.1, -0.05) is 12.1 Å². The highest BCUT2D eigenvalue weighted by atomic mass is 16.5. The maximum atomic E-state index is 12.6. The van der Waals surface area contributed by atoms with E-state index in [9.17, 15) is 9.59 Å². The summed E-state index contributed by atoms with van der Waals surface area (Å²) >= 11 is 0. The quantitative estimate of drug-likeness (QED) is 0.766. The van der Waals surface area contributed by atoms with Crippen molar-refractivity contribution in [3.05, 3.63) is 29.8 Å². The fourth-order valence-corrected chi connectivity index (χ4v) is 4.17. The zero-order valence-corrected chi connectivity index (χ0v) is 16.4. The molecule has 6 nitrogen and oxygen atoms in total. The molecule has 6 heteroatoms. The largest absolute Gasteiger partial charge is 0.497 e. The first-order valence-electron chi connectivity index (χ1n) is 9.86. The lowest BCUT2D eigenvalue weighted by Gasteiger charge is -2.37. The van der Waals surface area contributed by atoms with Crippen LogP contribution in [-0.2, 0) is 20.7 Å². The van der Waals surface area contributed by atoms with Gasteiger partial charge in [-0.3, -0.25) is 9.59 Å². The average Bonchev–Trinajstić information content (AvgIpc) is 3.17. The number of aryl methyl sites for hydroxylation is 1. The molecule has 0 aliphatic carbocycles. The maximum Gasteiger partial charge on any atom is 0.222 e. The van der Waals surface area contributed by atoms with Crippen LogP contribution in [0.1, 0.15) is 38.2 Å². The number of amides is 2. The van der Waals surface area contributed by atoms with Crippen LogP contribution in [0.25, 0.3) is 0 Å². The second-order valence-electron chi connectivity index (χ2n) is 7.40. The van der Waals surface area contributed by atoms with Crippen LogP contribution in [0, 0.1) is 0 Å². The number of hydrogen-bond donors (Lipinski definition) is 0. The number of ether oxygens (including phenoxy) is 2. The molecule has 2 aliphatic rings. The number of methoxy groups -OCH3 is 1. The number of benzene rings is 1. The van der Waals surface area contributed by atoms with Crippen molar-refractivity contribution < 1.29 is 19.1 Å². The molecule has 1 aromatic rings. The average molecular weight is 374 g/mol. The van der Waals surface area contributed by atoms with Crippen molar-refractivity contribution in [3.8, 4) is 5.75 Å². The third-order valence-corrected chi connectivity index (χ3v) is 5.64. The van der Waals surface area contributed by atoms with Crippen molar-refractivity contribution >= 4 is 11.8 Å². The highest BCUT2D eigenvalue weighted by molar-refractivity contribution is 5.77. The van der Waals surface area contributed by atoms with Gasteiger partial charge in [-0.05, 0) is 43.4 Å². The van der Waals surface area contributed by atoms with Gasteiger partial charge in [0.15, 0.2) is 0 Å². The Balaban J connectivity index is 1.52. The van der Waals surface area contributed by atoms with Gasteiger partial charge in [0.25, 0.3) is 0 Å². The third-order valence-electron chi connectivity index (χ3n) is 5.64. The summed E-state index contributed by atoms with van der Waals surface area (Å²) in [5.74, 6) is 1.10. The summed E-state index contributed by atoms with van der Waals surface area (Å²) in [6.45, 7) is 4.46. The molecule has 2 saturated heterocycles. The Labute approximate surface area is 161 Å². The molecule has 27 heavy (non-hydrogen) atoms. The summed E-state index contributed by atoms with van der Waals surface area (Å²) in [6.07, 6.45) is 3.87. The van der Waals surface area contributed by atoms with E-state index in [1.807, 2.05) is 34.1 Å². The van der Waals surface area contributed by atoms with Crippen molar-refractivity contribution in [1.29, 1.82) is 0 Å². The molecule has 0 aromatic heterocycles. The number of nitrogens with zero attached hydrogens (tertiary/aromatic N) is 2. The predicted octanol–water partition coefficient (Wildman–Crippen LogP) is 2.26. The van der Waals surface area contributed by atoms with Gasteiger partial charge in [0.1, 0.15) is 5.75 Å². The van der Waals surface area contributed by atoms with Crippen LogP contribution in [0.15, 0.2) is 24.3 Å². The molecule has 1 unspecified atom stereocenters. The Bertz CT molecular complexity index is 640. The lowest BCUT2D eigenvalue weighted by Crippen LogP contribution is -2.49. The van der Waals surface area contributed by atoms with Crippen LogP contribution in [-0.4, -0.2) is 67.1 Å². The molecule has 3 rings (SSSR count). The van der Waals surface area contributed by atoms with Gasteiger partial charge < -0.3 is 19.3 Å². The minimum absolute atomic E-state index is 0.111. The zero-order valence-electron chi connectivity index (χ0n) is 16.4. The Morgan fingerprint density at radius 3 is 2.48 bits per heavy atom. The van der Waals surface area contributed by atoms with Crippen LogP contribution in [0.2, 0.25) is 0 Å². The van der Waals surface area contributed by atoms with Gasteiger partial charge in [-0.2, -0.15) is 0 Å². The molecule has 1 aromatic carbocycles. The maximum absolute atomic E-state index is 12.6. The van der Waals surface area contributed by atoms with E-state index in [-0.39, 0.29) is 23.9 Å². The first kappa shape index (κ1) is 19.7. The fourth-order valence-electron chi connectivity index (χ4n) is 4.17. The van der Waals surface area contributed by atoms with E-state index in [0.717, 1.165) is 43.5 Å². The molecule has 148 valence electrons. The summed E-state index contributed by atoms with van der Waals surface area (Å²) in [4.78, 5) is 28.8. The number of carbonyl (C=O) groups excluding carboxylic acids is 2. The summed E-state index contributed by atoms with van der Waals surface area (Å²) in [7, 11) is 1.65. The molecule has 2 aliphatic heterocycles. The molecular formula is C21H30N2O4. The van der Waals surface area contributed by atoms with Crippen molar-refractivity contribution in [3.63, 3.8) is 0 Å². The van der Waals surface area contributed by atoms with Crippen LogP contribution >= 0.6 is 0 Å². The topological polar surface area (TPSA) is 59.1 Å². The Hall–Kier alpha value is -2.08. The fraction of sp³-hybridized carbons (Fsp3) is 0.619. The van der Waals surface area contributed by atoms with Crippen LogP contribution in [0.4, 0.5) is 0 Å². The smallest absolute Gasteiger partial charge is 0.222 e. The van der Waals surface area contributed by atoms with Gasteiger partial charge in [0, 0.05) is 45.7 Å². The van der Waals surface area contributed by atoms with Crippen molar-refractivity contribution in [2.75, 3.05) is 33.4 Å². The second-order valence-corrected chi connectivity index (χ2v) is 7.40. The van der Waals surface area contributed by atoms with E-state index in [1.54, 1.807) is 14.0 Å². The van der Waals surface area contributed by atoms with Gasteiger partial charge >= 0.3 is 0 Å². The summed E-state index contributed by atoms with van der Waals surface area (Å²) < 4.78 is 10.6. The SMILES string of the molecule is COc1ccc(CCC(=O)N2CCC(N(C(C)=O)C3CCOCC3)C2)cc1. The summed E-state index contributed by atoms with van der Waals surface area (Å²) in [5, 5.41) is 0. The van der Waals surface area contributed by atoms with Gasteiger partial charge in [0.05, 0.1) is 13.2 Å². The molecule has 0 N–H and O–H groups in total. The van der Waals surface area contributed by atoms with E-state index < -0.39 is 0 Å². The first-order valence-corrected chi connectivity index (χ1v) is 9.86. The predicted molar refractivity (Wildman–Crippen MR) is 103 cm³/mol. The normalized spacial score (nSPS) is 20.5. The van der Waals surface area contributed by atoms with Crippen LogP contribution in [0.3, 0.4) is 0 Å². The van der Waals surface area contributed by atoms with Crippen molar-refractivity contribution in [2.24, 2.45) is 0 Å². The van der Waals surface area contributed by atoms with Gasteiger partial charge in [-0.25, -0.2) is 0 Å². The number of likely N-dealkylation sites (tertiary alicyclic amines) is 1. The first-order chi connectivity index (χ1) is 13.1. The van der Waals surface area contributed by atoms with E-state index in [4.69, 9.17) is 9.47 Å². The number of rotatable bonds is 6. The highest BCUT2D eigenvalue weighted by Gasteiger charge is 2.35. The Morgan fingerprint density at radius 1 is 1.15 bits per heavy atom. The Kier molecular flexibility index (Phi) is 6.72. The molecule has 2 heterocycles. The van der Waals surface area contributed by atoms with Gasteiger partial charge in [0.2, 0.25) is 11.8 Å². The van der Waals surface area contributed by atoms with E-state index in [2.05, 4.69) is 0 Å². The number of carbonyl (C=O) groups is 2. The lowest BCUT2D eigenvalue weighted by molar-refractivity contribution is -0.137. The standard InChI is InChI=1S/C21H30N2O4/c1-16(24)23(18-10-13-27-14-11-18)19-9-12-22(15-19)21(25)8-5-17-3-6-20(26-2)7-4-17/h3-4,6-7,18-19H,5,8-15H2,1-2H3. The van der Waals surface area contributed by atoms with Crippen LogP contribution in [0.5, 0.6) is 5.75 Å². The molecule has 0 bridgehead atoms. The van der Waals surface area contributed by atoms with E-state index in [1.165, 1.54) is 0 Å². The molecule has 0 spiro atoms. The van der Waals surface area contributed by atoms with Crippen LogP contribution < -0.4 is 4.74 Å². The van der Waals surface area contributed by atoms with Gasteiger partial charge in [-0.15, -0.1) is 0 Å². The van der Waals surface area contributed by atoms with E-state index in [0.29, 0.717) is 26.2 Å². The molecular weight excluding hydrogens is 344 g/mol. The molecule has 0 radical (unpaired) electrons. The second kappa shape index (κ2) is 9.22. The summed E-state index contributed by atoms with van der Waals surface area (Å²) in [5.41, 5.74) is 1.13. The Morgan fingerprint density at radius 2 is 1.85 bits per heavy atom. The molecule has 1 atom stereocenters. The highest BCUT2D eigenvalue weighted by Crippen LogP contribution is 2.24. The minimum atomic E-state index is 0.111. The molecule has 2 fully saturated rings. The van der Waals surface area contributed by atoms with E-state index >= 15 is 0 Å². The third kappa shape index (κ3) is 5.01. The molecule has 0 saturated carbocycles. The monoisotopic (exact) mass is 374 g/mol. The molecule has 2 amide bonds. The summed E-state index contributed by atoms with van der Waals surface area (Å²) in [6, 6.07) is 8.23. The minimum Gasteiger partial charge on any atom is -0.497 e. The lowest BCUT2D eigenvalue weighted by atomic mass is 10.0. The van der Waals surface area contributed by atoms with Crippen molar-refractivity contribution in [1.82, 2.24) is 9.80 Å². The van der Waals surface area contributed by atoms with Crippen molar-refractivity contribution in [2.45, 2.75) is 51.1 Å².